The van der Waals surface area contributed by atoms with Gasteiger partial charge >= 0.3 is 0 Å². The molecule has 0 bridgehead atoms. The van der Waals surface area contributed by atoms with E-state index in [-0.39, 0.29) is 11.3 Å². The van der Waals surface area contributed by atoms with Crippen LogP contribution in [0, 0.1) is 0 Å². The van der Waals surface area contributed by atoms with Gasteiger partial charge in [-0.2, -0.15) is 0 Å². The maximum absolute atomic E-state index is 11.0. The molecule has 0 unspecified atom stereocenters. The number of hydrogen-bond donors (Lipinski definition) is 1. The summed E-state index contributed by atoms with van der Waals surface area (Å²) in [6.45, 7) is 3.53. The van der Waals surface area contributed by atoms with Crippen molar-refractivity contribution < 1.29 is 4.79 Å². The molecule has 0 fully saturated rings. The fourth-order valence-electron chi connectivity index (χ4n) is 0.459. The zero-order valence-corrected chi connectivity index (χ0v) is 9.38. The fourth-order valence-corrected chi connectivity index (χ4v) is 2.89. The lowest BCUT2D eigenvalue weighted by Crippen LogP contribution is -2.48. The van der Waals surface area contributed by atoms with Gasteiger partial charge in [-0.1, -0.05) is 8.93 Å². The zero-order chi connectivity index (χ0) is 8.20. The lowest BCUT2D eigenvalue weighted by Gasteiger charge is -2.24. The number of carbonyl (C=O) groups excluding carboxylic acids is 1. The molecule has 0 aliphatic carbocycles. The molecule has 0 aromatic heterocycles. The summed E-state index contributed by atoms with van der Waals surface area (Å²) in [7, 11) is 3.46. The van der Waals surface area contributed by atoms with E-state index in [0.29, 0.717) is 0 Å². The Morgan fingerprint density at radius 3 is 2.40 bits per heavy atom. The second-order valence-electron chi connectivity index (χ2n) is 2.39. The minimum Gasteiger partial charge on any atom is -0.308 e. The van der Waals surface area contributed by atoms with E-state index in [9.17, 15) is 4.79 Å². The largest absolute Gasteiger partial charge is 0.308 e. The van der Waals surface area contributed by atoms with Crippen molar-refractivity contribution in [3.8, 4) is 0 Å². The number of nitrogens with one attached hydrogen (secondary N) is 1. The average Bonchev–Trinajstić information content (AvgIpc) is 1.88. The van der Waals surface area contributed by atoms with Crippen LogP contribution in [0.25, 0.3) is 0 Å². The lowest BCUT2D eigenvalue weighted by atomic mass is 10.0. The Hall–Kier alpha value is 0.710. The van der Waals surface area contributed by atoms with Gasteiger partial charge < -0.3 is 5.32 Å². The van der Waals surface area contributed by atoms with Crippen molar-refractivity contribution in [2.24, 2.45) is 0 Å². The summed E-state index contributed by atoms with van der Waals surface area (Å²) in [4.78, 5) is 11.0. The quantitative estimate of drug-likeness (QED) is 0.789. The highest BCUT2D eigenvalue weighted by Crippen LogP contribution is 2.19. The lowest BCUT2D eigenvalue weighted by molar-refractivity contribution is -0.121. The highest BCUT2D eigenvalue weighted by atomic mass is 127. The second-order valence-corrected chi connectivity index (χ2v) is 4.77. The van der Waals surface area contributed by atoms with E-state index in [2.05, 4.69) is 26.5 Å². The van der Waals surface area contributed by atoms with Crippen LogP contribution < -0.4 is 5.32 Å². The van der Waals surface area contributed by atoms with E-state index in [4.69, 9.17) is 0 Å². The second kappa shape index (κ2) is 4.56. The van der Waals surface area contributed by atoms with Crippen LogP contribution >= 0.6 is 30.1 Å². The molecule has 2 nitrogen and oxygen atoms in total. The molecule has 0 saturated heterocycles. The van der Waals surface area contributed by atoms with Crippen LogP contribution in [0.1, 0.15) is 13.8 Å². The molecule has 0 aromatic rings. The molecule has 0 aliphatic rings. The number of Topliss-reactive ketones (excluding diaryl/α,β-unsaturated/α-hetero) is 1. The molecule has 1 atom stereocenters. The fraction of sp³-hybridized carbons (Fsp3) is 0.833. The van der Waals surface area contributed by atoms with Crippen molar-refractivity contribution in [3.05, 3.63) is 0 Å². The number of carbonyl (C=O) groups is 1. The molecule has 0 rings (SSSR count). The van der Waals surface area contributed by atoms with Crippen LogP contribution in [-0.4, -0.2) is 24.1 Å². The Kier molecular flexibility index (Phi) is 4.88. The molecular weight excluding hydrogens is 261 g/mol. The molecule has 0 aromatic carbocycles. The monoisotopic (exact) mass is 273 g/mol. The Labute approximate surface area is 78.1 Å². The smallest absolute Gasteiger partial charge is 0.150 e. The van der Waals surface area contributed by atoms with Gasteiger partial charge in [0.15, 0.2) is 0 Å². The van der Waals surface area contributed by atoms with E-state index >= 15 is 0 Å². The minimum absolute atomic E-state index is 0.194. The van der Waals surface area contributed by atoms with Gasteiger partial charge in [0.05, 0.1) is 5.54 Å². The van der Waals surface area contributed by atoms with Crippen molar-refractivity contribution in [2.45, 2.75) is 19.4 Å². The maximum atomic E-state index is 11.0. The number of hydrogen-bond acceptors (Lipinski definition) is 3. The summed E-state index contributed by atoms with van der Waals surface area (Å²) >= 11 is 2.19. The van der Waals surface area contributed by atoms with E-state index in [1.165, 1.54) is 0 Å². The molecule has 4 heteroatoms. The van der Waals surface area contributed by atoms with Crippen LogP contribution in [0.4, 0.5) is 0 Å². The van der Waals surface area contributed by atoms with Gasteiger partial charge in [-0.25, -0.2) is 0 Å². The van der Waals surface area contributed by atoms with Crippen LogP contribution in [-0.2, 0) is 4.79 Å². The zero-order valence-electron chi connectivity index (χ0n) is 6.40. The van der Waals surface area contributed by atoms with Gasteiger partial charge in [-0.3, -0.25) is 4.79 Å². The molecule has 0 spiro atoms. The van der Waals surface area contributed by atoms with Gasteiger partial charge in [-0.05, 0) is 42.1 Å². The molecule has 60 valence electrons. The van der Waals surface area contributed by atoms with Crippen molar-refractivity contribution in [1.29, 1.82) is 0 Å². The molecule has 0 saturated carbocycles. The predicted octanol–water partition coefficient (Wildman–Crippen LogP) is 1.64. The molecule has 0 amide bonds. The Morgan fingerprint density at radius 2 is 2.30 bits per heavy atom. The maximum Gasteiger partial charge on any atom is 0.150 e. The third kappa shape index (κ3) is 2.75. The van der Waals surface area contributed by atoms with Gasteiger partial charge in [0.1, 0.15) is 5.78 Å². The molecular formula is C6H12INOS. The van der Waals surface area contributed by atoms with Gasteiger partial charge in [0, 0.05) is 5.75 Å². The molecule has 0 heterocycles. The topological polar surface area (TPSA) is 29.1 Å². The minimum atomic E-state index is -0.341. The first-order valence-electron chi connectivity index (χ1n) is 3.00. The average molecular weight is 273 g/mol. The molecule has 1 N–H and O–H groups in total. The van der Waals surface area contributed by atoms with Crippen LogP contribution in [0.5, 0.6) is 0 Å². The van der Waals surface area contributed by atoms with E-state index in [1.807, 2.05) is 14.0 Å². The van der Waals surface area contributed by atoms with Crippen LogP contribution in [0.2, 0.25) is 0 Å². The van der Waals surface area contributed by atoms with Crippen molar-refractivity contribution in [1.82, 2.24) is 5.32 Å². The number of ketones is 1. The Morgan fingerprint density at radius 1 is 1.80 bits per heavy atom. The van der Waals surface area contributed by atoms with Crippen LogP contribution in [0.3, 0.4) is 0 Å². The summed E-state index contributed by atoms with van der Waals surface area (Å²) in [5.74, 6) is 1.01. The van der Waals surface area contributed by atoms with E-state index in [0.717, 1.165) is 5.75 Å². The van der Waals surface area contributed by atoms with Gasteiger partial charge in [-0.15, -0.1) is 0 Å². The summed E-state index contributed by atoms with van der Waals surface area (Å²) in [6, 6.07) is 0. The summed E-state index contributed by atoms with van der Waals surface area (Å²) in [5.41, 5.74) is -0.341. The Balaban J connectivity index is 4.08. The first kappa shape index (κ1) is 10.7. The normalized spacial score (nSPS) is 16.4. The highest BCUT2D eigenvalue weighted by molar-refractivity contribution is 14.2. The molecule has 0 aliphatic heterocycles. The first-order valence-corrected chi connectivity index (χ1v) is 6.53. The van der Waals surface area contributed by atoms with E-state index in [1.54, 1.807) is 15.9 Å². The SMILES string of the molecule is CN[C@](C)(CSI)C(C)=O. The summed E-state index contributed by atoms with van der Waals surface area (Å²) < 4.78 is 0. The van der Waals surface area contributed by atoms with Crippen molar-refractivity contribution in [3.63, 3.8) is 0 Å². The van der Waals surface area contributed by atoms with E-state index < -0.39 is 0 Å². The third-order valence-electron chi connectivity index (χ3n) is 1.67. The van der Waals surface area contributed by atoms with Crippen LogP contribution in [0.15, 0.2) is 0 Å². The van der Waals surface area contributed by atoms with Gasteiger partial charge in [0.25, 0.3) is 0 Å². The molecule has 0 radical (unpaired) electrons. The third-order valence-corrected chi connectivity index (χ3v) is 3.29. The Bertz CT molecular complexity index is 131. The highest BCUT2D eigenvalue weighted by Gasteiger charge is 2.26. The number of halogens is 1. The summed E-state index contributed by atoms with van der Waals surface area (Å²) in [6.07, 6.45) is 0. The molecule has 10 heavy (non-hydrogen) atoms. The van der Waals surface area contributed by atoms with Crippen molar-refractivity contribution in [2.75, 3.05) is 12.8 Å². The number of rotatable bonds is 4. The standard InChI is InChI=1S/C6H12INOS/c1-5(9)6(2,8-3)4-10-7/h8H,4H2,1-3H3/t6-/m1/s1. The predicted molar refractivity (Wildman–Crippen MR) is 54.6 cm³/mol. The van der Waals surface area contributed by atoms with Crippen molar-refractivity contribution >= 4 is 35.9 Å². The number of likely N-dealkylation sites (N-methyl/N-ethyl adjacent to an activating group) is 1. The van der Waals surface area contributed by atoms with Gasteiger partial charge in [0.2, 0.25) is 0 Å². The summed E-state index contributed by atoms with van der Waals surface area (Å²) in [5, 5.41) is 3.00. The first-order chi connectivity index (χ1) is 4.56.